The van der Waals surface area contributed by atoms with Crippen molar-refractivity contribution in [3.8, 4) is 0 Å². The zero-order valence-electron chi connectivity index (χ0n) is 15.8. The fraction of sp³-hybridized carbons (Fsp3) is 0.421. The SMILES string of the molecule is Cn1ccnc1SCC(=O)NC1CCCN(Cc2ccccc2F)C1.O=CO. The molecule has 1 amide bonds. The molecule has 1 unspecified atom stereocenters. The van der Waals surface area contributed by atoms with Gasteiger partial charge in [0.15, 0.2) is 5.16 Å². The number of benzene rings is 1. The molecule has 1 atom stereocenters. The Balaban J connectivity index is 0.000000878. The van der Waals surface area contributed by atoms with Gasteiger partial charge >= 0.3 is 0 Å². The average molecular weight is 408 g/mol. The van der Waals surface area contributed by atoms with Gasteiger partial charge in [-0.1, -0.05) is 30.0 Å². The van der Waals surface area contributed by atoms with Crippen LogP contribution in [-0.2, 0) is 23.2 Å². The van der Waals surface area contributed by atoms with Gasteiger partial charge in [0.2, 0.25) is 5.91 Å². The number of nitrogens with zero attached hydrogens (tertiary/aromatic N) is 3. The quantitative estimate of drug-likeness (QED) is 0.563. The van der Waals surface area contributed by atoms with Gasteiger partial charge in [-0.3, -0.25) is 14.5 Å². The van der Waals surface area contributed by atoms with E-state index < -0.39 is 0 Å². The van der Waals surface area contributed by atoms with E-state index in [9.17, 15) is 9.18 Å². The molecule has 1 aromatic carbocycles. The third-order valence-electron chi connectivity index (χ3n) is 4.33. The van der Waals surface area contributed by atoms with E-state index in [1.54, 1.807) is 12.3 Å². The molecule has 0 aliphatic carbocycles. The number of halogens is 1. The first-order valence-electron chi connectivity index (χ1n) is 8.96. The Kier molecular flexibility index (Phi) is 8.96. The Morgan fingerprint density at radius 3 is 2.89 bits per heavy atom. The van der Waals surface area contributed by atoms with E-state index in [4.69, 9.17) is 9.90 Å². The van der Waals surface area contributed by atoms with Gasteiger partial charge in [0.1, 0.15) is 5.82 Å². The van der Waals surface area contributed by atoms with Crippen LogP contribution in [0.3, 0.4) is 0 Å². The van der Waals surface area contributed by atoms with E-state index >= 15 is 0 Å². The Morgan fingerprint density at radius 2 is 2.21 bits per heavy atom. The summed E-state index contributed by atoms with van der Waals surface area (Å²) in [5.74, 6) is 0.208. The van der Waals surface area contributed by atoms with Crippen LogP contribution >= 0.6 is 11.8 Å². The van der Waals surface area contributed by atoms with Crippen molar-refractivity contribution in [1.82, 2.24) is 19.8 Å². The lowest BCUT2D eigenvalue weighted by Crippen LogP contribution is -2.47. The van der Waals surface area contributed by atoms with Crippen LogP contribution in [0.5, 0.6) is 0 Å². The molecule has 2 aromatic rings. The highest BCUT2D eigenvalue weighted by molar-refractivity contribution is 7.99. The molecular weight excluding hydrogens is 383 g/mol. The van der Waals surface area contributed by atoms with Crippen LogP contribution in [0, 0.1) is 5.82 Å². The molecule has 1 fully saturated rings. The van der Waals surface area contributed by atoms with E-state index in [1.165, 1.54) is 17.8 Å². The number of carboxylic acid groups (broad SMARTS) is 1. The van der Waals surface area contributed by atoms with Crippen LogP contribution in [0.1, 0.15) is 18.4 Å². The average Bonchev–Trinajstić information content (AvgIpc) is 3.08. The Morgan fingerprint density at radius 1 is 1.46 bits per heavy atom. The summed E-state index contributed by atoms with van der Waals surface area (Å²) in [4.78, 5) is 27.0. The summed E-state index contributed by atoms with van der Waals surface area (Å²) in [6.45, 7) is 2.02. The number of likely N-dealkylation sites (tertiary alicyclic amines) is 1. The maximum atomic E-state index is 13.8. The first kappa shape index (κ1) is 21.9. The zero-order chi connectivity index (χ0) is 20.4. The number of thioether (sulfide) groups is 1. The largest absolute Gasteiger partial charge is 0.483 e. The second-order valence-corrected chi connectivity index (χ2v) is 7.39. The number of piperidine rings is 1. The molecule has 1 aliphatic heterocycles. The van der Waals surface area contributed by atoms with Gasteiger partial charge in [-0.05, 0) is 25.5 Å². The van der Waals surface area contributed by atoms with Gasteiger partial charge < -0.3 is 15.0 Å². The molecule has 0 bridgehead atoms. The predicted molar refractivity (Wildman–Crippen MR) is 105 cm³/mol. The van der Waals surface area contributed by atoms with E-state index in [-0.39, 0.29) is 24.2 Å². The topological polar surface area (TPSA) is 87.5 Å². The fourth-order valence-electron chi connectivity index (χ4n) is 3.07. The third kappa shape index (κ3) is 6.97. The molecule has 2 heterocycles. The van der Waals surface area contributed by atoms with Crippen molar-refractivity contribution < 1.29 is 19.1 Å². The summed E-state index contributed by atoms with van der Waals surface area (Å²) in [5.41, 5.74) is 0.708. The molecule has 0 spiro atoms. The Labute approximate surface area is 167 Å². The normalized spacial score (nSPS) is 16.7. The number of amides is 1. The molecule has 0 radical (unpaired) electrons. The Bertz CT molecular complexity index is 771. The zero-order valence-corrected chi connectivity index (χ0v) is 16.6. The molecule has 28 heavy (non-hydrogen) atoms. The summed E-state index contributed by atoms with van der Waals surface area (Å²) in [6, 6.07) is 7.00. The first-order chi connectivity index (χ1) is 13.5. The van der Waals surface area contributed by atoms with Crippen LogP contribution in [0.25, 0.3) is 0 Å². The molecule has 1 saturated heterocycles. The van der Waals surface area contributed by atoms with E-state index in [0.29, 0.717) is 17.9 Å². The van der Waals surface area contributed by atoms with Gasteiger partial charge in [-0.2, -0.15) is 0 Å². The highest BCUT2D eigenvalue weighted by atomic mass is 32.2. The molecule has 1 aromatic heterocycles. The summed E-state index contributed by atoms with van der Waals surface area (Å²) < 4.78 is 15.7. The lowest BCUT2D eigenvalue weighted by molar-refractivity contribution is -0.123. The fourth-order valence-corrected chi connectivity index (χ4v) is 3.82. The number of aryl methyl sites for hydroxylation is 1. The highest BCUT2D eigenvalue weighted by Crippen LogP contribution is 2.17. The van der Waals surface area contributed by atoms with E-state index in [2.05, 4.69) is 15.2 Å². The van der Waals surface area contributed by atoms with E-state index in [0.717, 1.165) is 31.1 Å². The molecule has 1 aliphatic rings. The standard InChI is InChI=1S/C18H23FN4OS.CH2O2/c1-22-10-8-20-18(22)25-13-17(24)21-15-6-4-9-23(12-15)11-14-5-2-3-7-16(14)19;2-1-3/h2-3,5,7-8,10,15H,4,6,9,11-13H2,1H3,(H,21,24);1H,(H,2,3). The van der Waals surface area contributed by atoms with E-state index in [1.807, 2.05) is 29.9 Å². The number of nitrogens with one attached hydrogen (secondary N) is 1. The number of carbonyl (C=O) groups excluding carboxylic acids is 1. The van der Waals surface area contributed by atoms with Gasteiger partial charge in [-0.15, -0.1) is 0 Å². The molecular formula is C19H25FN4O3S. The molecule has 3 rings (SSSR count). The third-order valence-corrected chi connectivity index (χ3v) is 5.39. The molecule has 2 N–H and O–H groups in total. The molecule has 0 saturated carbocycles. The second kappa shape index (κ2) is 11.5. The lowest BCUT2D eigenvalue weighted by Gasteiger charge is -2.33. The first-order valence-corrected chi connectivity index (χ1v) is 9.95. The highest BCUT2D eigenvalue weighted by Gasteiger charge is 2.22. The van der Waals surface area contributed by atoms with Crippen molar-refractivity contribution in [3.05, 3.63) is 48.0 Å². The van der Waals surface area contributed by atoms with Crippen LogP contribution in [-0.4, -0.2) is 56.8 Å². The van der Waals surface area contributed by atoms with Crippen molar-refractivity contribution in [2.24, 2.45) is 7.05 Å². The maximum Gasteiger partial charge on any atom is 0.290 e. The molecule has 152 valence electrons. The van der Waals surface area contributed by atoms with Crippen molar-refractivity contribution >= 4 is 24.1 Å². The monoisotopic (exact) mass is 408 g/mol. The van der Waals surface area contributed by atoms with Gasteiger partial charge in [0.25, 0.3) is 6.47 Å². The van der Waals surface area contributed by atoms with Crippen LogP contribution in [0.15, 0.2) is 41.8 Å². The number of hydrogen-bond donors (Lipinski definition) is 2. The van der Waals surface area contributed by atoms with Crippen LogP contribution < -0.4 is 5.32 Å². The van der Waals surface area contributed by atoms with Gasteiger partial charge in [0.05, 0.1) is 5.75 Å². The van der Waals surface area contributed by atoms with Crippen molar-refractivity contribution in [2.45, 2.75) is 30.6 Å². The van der Waals surface area contributed by atoms with Crippen molar-refractivity contribution in [1.29, 1.82) is 0 Å². The van der Waals surface area contributed by atoms with Gasteiger partial charge in [-0.25, -0.2) is 9.37 Å². The summed E-state index contributed by atoms with van der Waals surface area (Å²) in [7, 11) is 1.91. The summed E-state index contributed by atoms with van der Waals surface area (Å²) >= 11 is 1.43. The van der Waals surface area contributed by atoms with Crippen LogP contribution in [0.2, 0.25) is 0 Å². The Hall–Kier alpha value is -2.39. The lowest BCUT2D eigenvalue weighted by atomic mass is 10.0. The molecule has 9 heteroatoms. The number of imidazole rings is 1. The minimum Gasteiger partial charge on any atom is -0.483 e. The number of rotatable bonds is 6. The summed E-state index contributed by atoms with van der Waals surface area (Å²) in [6.07, 6.45) is 5.56. The molecule has 7 nitrogen and oxygen atoms in total. The van der Waals surface area contributed by atoms with Crippen LogP contribution in [0.4, 0.5) is 4.39 Å². The minimum atomic E-state index is -0.250. The predicted octanol–water partition coefficient (Wildman–Crippen LogP) is 2.13. The number of hydrogen-bond acceptors (Lipinski definition) is 5. The van der Waals surface area contributed by atoms with Gasteiger partial charge in [0, 0.05) is 44.1 Å². The second-order valence-electron chi connectivity index (χ2n) is 6.45. The smallest absolute Gasteiger partial charge is 0.290 e. The number of carbonyl (C=O) groups is 2. The maximum absolute atomic E-state index is 13.8. The minimum absolute atomic E-state index is 0.0192. The van der Waals surface area contributed by atoms with Crippen molar-refractivity contribution in [3.63, 3.8) is 0 Å². The van der Waals surface area contributed by atoms with Crippen molar-refractivity contribution in [2.75, 3.05) is 18.8 Å². The number of aromatic nitrogens is 2. The summed E-state index contributed by atoms with van der Waals surface area (Å²) in [5, 5.41) is 10.8.